The average Bonchev–Trinajstić information content (AvgIpc) is 3.18. The van der Waals surface area contributed by atoms with Crippen molar-refractivity contribution in [3.63, 3.8) is 0 Å². The second kappa shape index (κ2) is 8.85. The van der Waals surface area contributed by atoms with Crippen LogP contribution < -0.4 is 10.6 Å². The van der Waals surface area contributed by atoms with Gasteiger partial charge in [-0.25, -0.2) is 9.50 Å². The van der Waals surface area contributed by atoms with Crippen LogP contribution in [0.3, 0.4) is 0 Å². The lowest BCUT2D eigenvalue weighted by Crippen LogP contribution is -2.31. The quantitative estimate of drug-likeness (QED) is 0.401. The van der Waals surface area contributed by atoms with Crippen LogP contribution in [-0.2, 0) is 0 Å². The number of likely N-dealkylation sites (N-methyl/N-ethyl adjacent to an activating group) is 1. The standard InChI is InChI=1S/C23H24N6O2/c1-28(2)13-11-24-23(31)17-5-3-4-16(14-17)20-15-25-29-12-10-21(27-22(20)29)26-18-6-8-19(30)9-7-18/h3-10,12,14-15,30H,11,13H2,1-2H3,(H,24,31)(H,26,27). The molecule has 2 heterocycles. The third kappa shape index (κ3) is 4.81. The van der Waals surface area contributed by atoms with Gasteiger partial charge in [-0.15, -0.1) is 0 Å². The molecule has 0 bridgehead atoms. The zero-order chi connectivity index (χ0) is 21.8. The van der Waals surface area contributed by atoms with Crippen molar-refractivity contribution in [1.82, 2.24) is 24.8 Å². The third-order valence-electron chi connectivity index (χ3n) is 4.79. The first-order valence-electron chi connectivity index (χ1n) is 9.93. The molecule has 1 amide bonds. The van der Waals surface area contributed by atoms with Crippen LogP contribution in [-0.4, -0.2) is 57.7 Å². The number of hydrogen-bond donors (Lipinski definition) is 3. The van der Waals surface area contributed by atoms with E-state index in [-0.39, 0.29) is 11.7 Å². The highest BCUT2D eigenvalue weighted by Gasteiger charge is 2.12. The fourth-order valence-corrected chi connectivity index (χ4v) is 3.16. The first-order chi connectivity index (χ1) is 15.0. The van der Waals surface area contributed by atoms with Crippen LogP contribution in [0.5, 0.6) is 5.75 Å². The first kappa shape index (κ1) is 20.4. The number of anilines is 2. The molecular weight excluding hydrogens is 392 g/mol. The maximum Gasteiger partial charge on any atom is 0.251 e. The molecule has 0 spiro atoms. The maximum absolute atomic E-state index is 12.5. The number of fused-ring (bicyclic) bond motifs is 1. The van der Waals surface area contributed by atoms with Crippen LogP contribution in [0, 0.1) is 0 Å². The summed E-state index contributed by atoms with van der Waals surface area (Å²) >= 11 is 0. The number of hydrogen-bond acceptors (Lipinski definition) is 6. The largest absolute Gasteiger partial charge is 0.508 e. The van der Waals surface area contributed by atoms with E-state index in [2.05, 4.69) is 15.7 Å². The Morgan fingerprint density at radius 3 is 2.71 bits per heavy atom. The molecule has 0 aliphatic rings. The van der Waals surface area contributed by atoms with Crippen LogP contribution in [0.1, 0.15) is 10.4 Å². The van der Waals surface area contributed by atoms with Gasteiger partial charge in [-0.1, -0.05) is 12.1 Å². The summed E-state index contributed by atoms with van der Waals surface area (Å²) < 4.78 is 1.70. The number of benzene rings is 2. The molecule has 2 aromatic carbocycles. The number of phenolic OH excluding ortho intramolecular Hbond substituents is 1. The molecule has 0 radical (unpaired) electrons. The Kier molecular flexibility index (Phi) is 5.81. The molecule has 0 atom stereocenters. The molecule has 0 aliphatic carbocycles. The van der Waals surface area contributed by atoms with E-state index in [1.54, 1.807) is 41.0 Å². The maximum atomic E-state index is 12.5. The predicted octanol–water partition coefficient (Wildman–Crippen LogP) is 3.14. The summed E-state index contributed by atoms with van der Waals surface area (Å²) in [6, 6.07) is 16.0. The number of aromatic nitrogens is 3. The molecule has 2 aromatic heterocycles. The number of carbonyl (C=O) groups is 1. The molecule has 158 valence electrons. The van der Waals surface area contributed by atoms with Gasteiger partial charge < -0.3 is 20.6 Å². The van der Waals surface area contributed by atoms with Crippen LogP contribution in [0.25, 0.3) is 16.8 Å². The Labute approximate surface area is 180 Å². The average molecular weight is 416 g/mol. The van der Waals surface area contributed by atoms with Gasteiger partial charge in [-0.2, -0.15) is 5.10 Å². The molecule has 0 unspecified atom stereocenters. The molecule has 31 heavy (non-hydrogen) atoms. The zero-order valence-corrected chi connectivity index (χ0v) is 17.4. The van der Waals surface area contributed by atoms with Gasteiger partial charge in [0, 0.05) is 36.1 Å². The second-order valence-corrected chi connectivity index (χ2v) is 7.45. The Morgan fingerprint density at radius 1 is 1.13 bits per heavy atom. The highest BCUT2D eigenvalue weighted by molar-refractivity contribution is 5.96. The minimum Gasteiger partial charge on any atom is -0.508 e. The van der Waals surface area contributed by atoms with E-state index in [0.717, 1.165) is 23.4 Å². The summed E-state index contributed by atoms with van der Waals surface area (Å²) in [6.07, 6.45) is 3.57. The molecule has 0 fully saturated rings. The summed E-state index contributed by atoms with van der Waals surface area (Å²) in [5, 5.41) is 20.0. The number of nitrogens with one attached hydrogen (secondary N) is 2. The van der Waals surface area contributed by atoms with E-state index in [9.17, 15) is 9.90 Å². The number of nitrogens with zero attached hydrogens (tertiary/aromatic N) is 4. The Balaban J connectivity index is 1.59. The molecule has 8 nitrogen and oxygen atoms in total. The van der Waals surface area contributed by atoms with Crippen molar-refractivity contribution in [2.75, 3.05) is 32.5 Å². The minimum absolute atomic E-state index is 0.109. The number of phenols is 1. The van der Waals surface area contributed by atoms with Gasteiger partial charge in [0.1, 0.15) is 11.6 Å². The minimum atomic E-state index is -0.109. The highest BCUT2D eigenvalue weighted by atomic mass is 16.3. The van der Waals surface area contributed by atoms with Crippen molar-refractivity contribution in [3.8, 4) is 16.9 Å². The highest BCUT2D eigenvalue weighted by Crippen LogP contribution is 2.26. The molecule has 4 aromatic rings. The molecule has 0 saturated heterocycles. The van der Waals surface area contributed by atoms with Crippen molar-refractivity contribution in [3.05, 3.63) is 72.6 Å². The van der Waals surface area contributed by atoms with Gasteiger partial charge in [-0.05, 0) is 62.1 Å². The van der Waals surface area contributed by atoms with E-state index < -0.39 is 0 Å². The van der Waals surface area contributed by atoms with Crippen molar-refractivity contribution >= 4 is 23.1 Å². The van der Waals surface area contributed by atoms with Gasteiger partial charge in [0.05, 0.1) is 6.20 Å². The Bertz CT molecular complexity index is 1200. The van der Waals surface area contributed by atoms with Gasteiger partial charge in [0.15, 0.2) is 5.65 Å². The third-order valence-corrected chi connectivity index (χ3v) is 4.79. The van der Waals surface area contributed by atoms with Gasteiger partial charge in [0.25, 0.3) is 5.91 Å². The van der Waals surface area contributed by atoms with Crippen molar-refractivity contribution in [2.24, 2.45) is 0 Å². The molecule has 3 N–H and O–H groups in total. The van der Waals surface area contributed by atoms with E-state index in [0.29, 0.717) is 23.6 Å². The summed E-state index contributed by atoms with van der Waals surface area (Å²) in [7, 11) is 3.94. The van der Waals surface area contributed by atoms with E-state index in [1.165, 1.54) is 0 Å². The number of rotatable bonds is 7. The van der Waals surface area contributed by atoms with Crippen LogP contribution >= 0.6 is 0 Å². The van der Waals surface area contributed by atoms with Crippen molar-refractivity contribution in [1.29, 1.82) is 0 Å². The van der Waals surface area contributed by atoms with Gasteiger partial charge >= 0.3 is 0 Å². The molecule has 8 heteroatoms. The second-order valence-electron chi connectivity index (χ2n) is 7.45. The number of carbonyl (C=O) groups excluding carboxylic acids is 1. The lowest BCUT2D eigenvalue weighted by Gasteiger charge is -2.11. The molecule has 0 aliphatic heterocycles. The Hall–Kier alpha value is -3.91. The summed E-state index contributed by atoms with van der Waals surface area (Å²) in [6.45, 7) is 1.36. The van der Waals surface area contributed by atoms with E-state index >= 15 is 0 Å². The molecular formula is C23H24N6O2. The van der Waals surface area contributed by atoms with Crippen LogP contribution in [0.2, 0.25) is 0 Å². The Morgan fingerprint density at radius 2 is 1.94 bits per heavy atom. The zero-order valence-electron chi connectivity index (χ0n) is 17.4. The lowest BCUT2D eigenvalue weighted by atomic mass is 10.1. The molecule has 0 saturated carbocycles. The SMILES string of the molecule is CN(C)CCNC(=O)c1cccc(-c2cnn3ccc(Nc4ccc(O)cc4)nc23)c1. The smallest absolute Gasteiger partial charge is 0.251 e. The lowest BCUT2D eigenvalue weighted by molar-refractivity contribution is 0.0951. The fourth-order valence-electron chi connectivity index (χ4n) is 3.16. The van der Waals surface area contributed by atoms with E-state index in [4.69, 9.17) is 4.98 Å². The van der Waals surface area contributed by atoms with Crippen LogP contribution in [0.15, 0.2) is 67.0 Å². The molecule has 4 rings (SSSR count). The summed E-state index contributed by atoms with van der Waals surface area (Å²) in [5.41, 5.74) is 3.77. The topological polar surface area (TPSA) is 94.8 Å². The van der Waals surface area contributed by atoms with E-state index in [1.807, 2.05) is 49.5 Å². The summed E-state index contributed by atoms with van der Waals surface area (Å²) in [5.74, 6) is 0.748. The summed E-state index contributed by atoms with van der Waals surface area (Å²) in [4.78, 5) is 19.2. The number of aromatic hydroxyl groups is 1. The van der Waals surface area contributed by atoms with Gasteiger partial charge in [0.2, 0.25) is 0 Å². The monoisotopic (exact) mass is 416 g/mol. The number of amides is 1. The predicted molar refractivity (Wildman–Crippen MR) is 121 cm³/mol. The fraction of sp³-hybridized carbons (Fsp3) is 0.174. The van der Waals surface area contributed by atoms with Gasteiger partial charge in [-0.3, -0.25) is 4.79 Å². The van der Waals surface area contributed by atoms with Crippen molar-refractivity contribution < 1.29 is 9.90 Å². The normalized spacial score (nSPS) is 11.1. The van der Waals surface area contributed by atoms with Crippen LogP contribution in [0.4, 0.5) is 11.5 Å². The first-order valence-corrected chi connectivity index (χ1v) is 9.93. The van der Waals surface area contributed by atoms with Crippen molar-refractivity contribution in [2.45, 2.75) is 0 Å².